The van der Waals surface area contributed by atoms with E-state index in [2.05, 4.69) is 0 Å². The van der Waals surface area contributed by atoms with Gasteiger partial charge in [-0.2, -0.15) is 13.2 Å². The summed E-state index contributed by atoms with van der Waals surface area (Å²) >= 11 is 0. The van der Waals surface area contributed by atoms with E-state index in [-0.39, 0.29) is 10.6 Å². The zero-order valence-corrected chi connectivity index (χ0v) is 16.6. The Hall–Kier alpha value is -2.25. The molecule has 0 bridgehead atoms. The molecule has 0 saturated carbocycles. The Morgan fingerprint density at radius 3 is 2.30 bits per heavy atom. The molecule has 0 spiro atoms. The number of hydrogen-bond donors (Lipinski definition) is 1. The number of aliphatic hydroxyl groups is 1. The van der Waals surface area contributed by atoms with Crippen molar-refractivity contribution < 1.29 is 48.6 Å². The van der Waals surface area contributed by atoms with E-state index < -0.39 is 65.4 Å². The molecule has 164 valence electrons. The number of rotatable bonds is 4. The first-order valence-electron chi connectivity index (χ1n) is 8.07. The Bertz CT molecular complexity index is 1220. The first kappa shape index (κ1) is 22.4. The smallest absolute Gasteiger partial charge is 0.457 e. The zero-order valence-electron chi connectivity index (χ0n) is 14.9. The summed E-state index contributed by atoms with van der Waals surface area (Å²) in [6.45, 7) is 0. The normalized spacial score (nSPS) is 18.8. The fourth-order valence-electron chi connectivity index (χ4n) is 3.00. The van der Waals surface area contributed by atoms with E-state index in [1.165, 1.54) is 18.2 Å². The second kappa shape index (κ2) is 6.89. The molecule has 0 aliphatic heterocycles. The van der Waals surface area contributed by atoms with Crippen LogP contribution in [0.25, 0.3) is 0 Å². The third-order valence-electron chi connectivity index (χ3n) is 4.42. The molecule has 0 heterocycles. The average molecular weight is 472 g/mol. The van der Waals surface area contributed by atoms with Crippen LogP contribution in [0, 0.1) is 0 Å². The van der Waals surface area contributed by atoms with E-state index in [1.54, 1.807) is 0 Å². The molecule has 0 aromatic heterocycles. The van der Waals surface area contributed by atoms with Crippen molar-refractivity contribution in [2.24, 2.45) is 0 Å². The third kappa shape index (κ3) is 3.76. The molecule has 30 heavy (non-hydrogen) atoms. The van der Waals surface area contributed by atoms with E-state index >= 15 is 0 Å². The standard InChI is InChI=1S/C17H13F5O6S2/c1-29(24,25)10-4-2-3-9(7-10)28-12-5-6-13(30(26,27)17(20,21)22)14-11(12)8-16(18,19)15(14)23/h2-7,15,23H,8H2,1H3/t15-/m0/s1. The number of fused-ring (bicyclic) bond motifs is 1. The number of sulfone groups is 2. The van der Waals surface area contributed by atoms with Crippen molar-refractivity contribution in [3.63, 3.8) is 0 Å². The molecule has 0 amide bonds. The van der Waals surface area contributed by atoms with Gasteiger partial charge in [-0.25, -0.2) is 25.6 Å². The SMILES string of the molecule is CS(=O)(=O)c1cccc(Oc2ccc(S(=O)(=O)C(F)(F)F)c3c2CC(F)(F)[C@H]3O)c1. The van der Waals surface area contributed by atoms with Crippen LogP contribution in [0.15, 0.2) is 46.2 Å². The van der Waals surface area contributed by atoms with Gasteiger partial charge >= 0.3 is 5.51 Å². The molecular formula is C17H13F5O6S2. The van der Waals surface area contributed by atoms with Crippen LogP contribution in [0.3, 0.4) is 0 Å². The summed E-state index contributed by atoms with van der Waals surface area (Å²) < 4.78 is 119. The lowest BCUT2D eigenvalue weighted by atomic mass is 10.1. The van der Waals surface area contributed by atoms with E-state index in [4.69, 9.17) is 4.74 Å². The molecule has 1 N–H and O–H groups in total. The average Bonchev–Trinajstić information content (AvgIpc) is 2.84. The van der Waals surface area contributed by atoms with Crippen molar-refractivity contribution in [2.45, 2.75) is 33.7 Å². The predicted molar refractivity (Wildman–Crippen MR) is 92.9 cm³/mol. The van der Waals surface area contributed by atoms with Gasteiger partial charge in [-0.3, -0.25) is 0 Å². The van der Waals surface area contributed by atoms with Gasteiger partial charge in [0.1, 0.15) is 17.6 Å². The first-order valence-corrected chi connectivity index (χ1v) is 11.4. The minimum Gasteiger partial charge on any atom is -0.457 e. The van der Waals surface area contributed by atoms with Crippen LogP contribution in [0.4, 0.5) is 22.0 Å². The molecule has 1 atom stereocenters. The highest BCUT2D eigenvalue weighted by Gasteiger charge is 2.55. The van der Waals surface area contributed by atoms with E-state index in [9.17, 15) is 43.9 Å². The Morgan fingerprint density at radius 2 is 1.73 bits per heavy atom. The van der Waals surface area contributed by atoms with Crippen LogP contribution < -0.4 is 4.74 Å². The monoisotopic (exact) mass is 472 g/mol. The van der Waals surface area contributed by atoms with Gasteiger partial charge in [0.05, 0.1) is 9.79 Å². The highest BCUT2D eigenvalue weighted by molar-refractivity contribution is 7.92. The lowest BCUT2D eigenvalue weighted by Crippen LogP contribution is -2.26. The van der Waals surface area contributed by atoms with E-state index in [0.717, 1.165) is 18.4 Å². The van der Waals surface area contributed by atoms with Crippen LogP contribution in [-0.4, -0.2) is 39.6 Å². The molecule has 1 aliphatic rings. The number of aliphatic hydroxyl groups excluding tert-OH is 1. The van der Waals surface area contributed by atoms with Gasteiger partial charge < -0.3 is 9.84 Å². The number of hydrogen-bond acceptors (Lipinski definition) is 6. The van der Waals surface area contributed by atoms with Crippen molar-refractivity contribution in [3.05, 3.63) is 47.5 Å². The Morgan fingerprint density at radius 1 is 1.10 bits per heavy atom. The fraction of sp³-hybridized carbons (Fsp3) is 0.294. The maximum Gasteiger partial charge on any atom is 0.501 e. The van der Waals surface area contributed by atoms with Gasteiger partial charge in [0, 0.05) is 23.8 Å². The molecular weight excluding hydrogens is 459 g/mol. The summed E-state index contributed by atoms with van der Waals surface area (Å²) in [6.07, 6.45) is -3.16. The molecule has 6 nitrogen and oxygen atoms in total. The number of alkyl halides is 5. The van der Waals surface area contributed by atoms with Crippen LogP contribution in [-0.2, 0) is 26.1 Å². The van der Waals surface area contributed by atoms with Crippen LogP contribution in [0.1, 0.15) is 17.2 Å². The minimum absolute atomic E-state index is 0.142. The summed E-state index contributed by atoms with van der Waals surface area (Å²) in [7, 11) is -9.67. The summed E-state index contributed by atoms with van der Waals surface area (Å²) in [4.78, 5) is -1.66. The van der Waals surface area contributed by atoms with Gasteiger partial charge in [-0.05, 0) is 30.3 Å². The molecule has 0 saturated heterocycles. The lowest BCUT2D eigenvalue weighted by Gasteiger charge is -2.17. The minimum atomic E-state index is -6.03. The molecule has 1 aliphatic carbocycles. The fourth-order valence-corrected chi connectivity index (χ4v) is 4.68. The molecule has 2 aromatic rings. The highest BCUT2D eigenvalue weighted by Crippen LogP contribution is 2.51. The number of halogens is 5. The summed E-state index contributed by atoms with van der Waals surface area (Å²) in [5, 5.41) is 9.84. The summed E-state index contributed by atoms with van der Waals surface area (Å²) in [5.41, 5.74) is -7.50. The lowest BCUT2D eigenvalue weighted by molar-refractivity contribution is -0.0978. The second-order valence-corrected chi connectivity index (χ2v) is 10.5. The Balaban J connectivity index is 2.17. The number of benzene rings is 2. The van der Waals surface area contributed by atoms with Gasteiger partial charge in [-0.1, -0.05) is 6.07 Å². The van der Waals surface area contributed by atoms with E-state index in [0.29, 0.717) is 6.07 Å². The third-order valence-corrected chi connectivity index (χ3v) is 7.07. The molecule has 0 unspecified atom stereocenters. The molecule has 13 heteroatoms. The van der Waals surface area contributed by atoms with Crippen molar-refractivity contribution in [1.29, 1.82) is 0 Å². The molecule has 0 radical (unpaired) electrons. The van der Waals surface area contributed by atoms with Gasteiger partial charge in [0.15, 0.2) is 9.84 Å². The predicted octanol–water partition coefficient (Wildman–Crippen LogP) is 3.40. The maximum absolute atomic E-state index is 14.1. The molecule has 2 aromatic carbocycles. The van der Waals surface area contributed by atoms with Gasteiger partial charge in [0.2, 0.25) is 0 Å². The van der Waals surface area contributed by atoms with Crippen LogP contribution in [0.2, 0.25) is 0 Å². The largest absolute Gasteiger partial charge is 0.501 e. The molecule has 3 rings (SSSR count). The Labute approximate surface area is 167 Å². The summed E-state index contributed by atoms with van der Waals surface area (Å²) in [6, 6.07) is 6.03. The summed E-state index contributed by atoms with van der Waals surface area (Å²) in [5.74, 6) is -4.52. The quantitative estimate of drug-likeness (QED) is 0.685. The van der Waals surface area contributed by atoms with Crippen molar-refractivity contribution in [2.75, 3.05) is 6.26 Å². The van der Waals surface area contributed by atoms with Gasteiger partial charge in [-0.15, -0.1) is 0 Å². The van der Waals surface area contributed by atoms with Crippen molar-refractivity contribution in [1.82, 2.24) is 0 Å². The zero-order chi connectivity index (χ0) is 22.7. The highest BCUT2D eigenvalue weighted by atomic mass is 32.2. The molecule has 0 fully saturated rings. The van der Waals surface area contributed by atoms with Crippen LogP contribution >= 0.6 is 0 Å². The second-order valence-electron chi connectivity index (χ2n) is 6.59. The Kier molecular flexibility index (Phi) is 5.15. The van der Waals surface area contributed by atoms with Crippen LogP contribution in [0.5, 0.6) is 11.5 Å². The number of ether oxygens (including phenoxy) is 1. The van der Waals surface area contributed by atoms with Crippen molar-refractivity contribution >= 4 is 19.7 Å². The van der Waals surface area contributed by atoms with Crippen molar-refractivity contribution in [3.8, 4) is 11.5 Å². The van der Waals surface area contributed by atoms with E-state index in [1.807, 2.05) is 0 Å². The maximum atomic E-state index is 14.1. The topological polar surface area (TPSA) is 97.7 Å². The van der Waals surface area contributed by atoms with Gasteiger partial charge in [0.25, 0.3) is 15.8 Å². The first-order chi connectivity index (χ1) is 13.6.